The lowest BCUT2D eigenvalue weighted by Gasteiger charge is -2.27. The molecule has 0 saturated carbocycles. The first kappa shape index (κ1) is 29.8. The van der Waals surface area contributed by atoms with Gasteiger partial charge in [0.1, 0.15) is 17.9 Å². The number of likely N-dealkylation sites (tertiary alicyclic amines) is 1. The lowest BCUT2D eigenvalue weighted by atomic mass is 9.91. The number of carbonyl (C=O) groups is 1. The molecule has 2 atom stereocenters. The van der Waals surface area contributed by atoms with E-state index in [2.05, 4.69) is 17.4 Å². The van der Waals surface area contributed by atoms with E-state index in [4.69, 9.17) is 14.5 Å². The number of carboxylic acids is 1. The van der Waals surface area contributed by atoms with Gasteiger partial charge in [0.15, 0.2) is 11.6 Å². The number of unbranched alkanes of at least 4 members (excludes halogenated alkanes) is 2. The van der Waals surface area contributed by atoms with Crippen molar-refractivity contribution in [3.63, 3.8) is 0 Å². The third-order valence-electron chi connectivity index (χ3n) is 7.96. The Morgan fingerprint density at radius 2 is 2.12 bits per heavy atom. The van der Waals surface area contributed by atoms with Gasteiger partial charge < -0.3 is 19.9 Å². The second kappa shape index (κ2) is 13.9. The highest BCUT2D eigenvalue weighted by Crippen LogP contribution is 2.39. The molecule has 0 amide bonds. The van der Waals surface area contributed by atoms with E-state index >= 15 is 4.39 Å². The predicted molar refractivity (Wildman–Crippen MR) is 151 cm³/mol. The van der Waals surface area contributed by atoms with E-state index in [1.165, 1.54) is 12.7 Å². The number of aromatic nitrogens is 1. The topological polar surface area (TPSA) is 108 Å². The first-order chi connectivity index (χ1) is 19.3. The Kier molecular flexibility index (Phi) is 10.3. The van der Waals surface area contributed by atoms with Gasteiger partial charge in [-0.05, 0) is 80.2 Å². The van der Waals surface area contributed by atoms with Gasteiger partial charge in [-0.1, -0.05) is 26.3 Å². The summed E-state index contributed by atoms with van der Waals surface area (Å²) in [5.41, 5.74) is 3.09. The Morgan fingerprint density at radius 3 is 2.85 bits per heavy atom. The fourth-order valence-electron chi connectivity index (χ4n) is 5.82. The summed E-state index contributed by atoms with van der Waals surface area (Å²) >= 11 is 0. The molecule has 1 saturated heterocycles. The molecule has 0 aliphatic carbocycles. The molecule has 2 unspecified atom stereocenters. The molecular weight excluding hydrogens is 511 g/mol. The van der Waals surface area contributed by atoms with Gasteiger partial charge in [-0.15, -0.1) is 0 Å². The number of hydrogen-bond acceptors (Lipinski definition) is 7. The number of aliphatic carboxylic acids is 1. The minimum atomic E-state index is -1.07. The minimum Gasteiger partial charge on any atom is -0.493 e. The van der Waals surface area contributed by atoms with Gasteiger partial charge in [-0.25, -0.2) is 9.37 Å². The average Bonchev–Trinajstić information content (AvgIpc) is 3.40. The molecule has 2 N–H and O–H groups in total. The monoisotopic (exact) mass is 552 g/mol. The average molecular weight is 553 g/mol. The number of fused-ring (bicyclic) bond motifs is 1. The zero-order valence-electron chi connectivity index (χ0n) is 23.8. The van der Waals surface area contributed by atoms with Crippen LogP contribution < -0.4 is 10.1 Å². The van der Waals surface area contributed by atoms with E-state index in [0.29, 0.717) is 31.9 Å². The van der Waals surface area contributed by atoms with Crippen molar-refractivity contribution in [3.8, 4) is 11.8 Å². The molecule has 2 aliphatic rings. The Labute approximate surface area is 236 Å². The lowest BCUT2D eigenvalue weighted by Crippen LogP contribution is -2.33. The maximum atomic E-state index is 15.2. The number of methoxy groups -OCH3 is 1. The number of benzene rings is 1. The van der Waals surface area contributed by atoms with Crippen molar-refractivity contribution < 1.29 is 23.8 Å². The number of hydrogen-bond donors (Lipinski definition) is 2. The van der Waals surface area contributed by atoms with Crippen LogP contribution in [0.4, 0.5) is 10.2 Å². The fraction of sp³-hybridized carbons (Fsp3) is 0.581. The molecule has 0 spiro atoms. The lowest BCUT2D eigenvalue weighted by molar-refractivity contribution is -0.143. The van der Waals surface area contributed by atoms with Crippen LogP contribution in [0.15, 0.2) is 18.2 Å². The third kappa shape index (κ3) is 6.91. The molecule has 9 heteroatoms. The van der Waals surface area contributed by atoms with Gasteiger partial charge >= 0.3 is 5.97 Å². The van der Waals surface area contributed by atoms with Crippen LogP contribution in [0.1, 0.15) is 85.9 Å². The van der Waals surface area contributed by atoms with Crippen molar-refractivity contribution in [1.29, 1.82) is 5.26 Å². The number of aryl methyl sites for hydroxylation is 2. The fourth-order valence-corrected chi connectivity index (χ4v) is 5.82. The van der Waals surface area contributed by atoms with Crippen LogP contribution in [-0.4, -0.2) is 60.9 Å². The van der Waals surface area contributed by atoms with Crippen molar-refractivity contribution in [3.05, 3.63) is 52.0 Å². The zero-order valence-corrected chi connectivity index (χ0v) is 23.8. The number of pyridine rings is 1. The third-order valence-corrected chi connectivity index (χ3v) is 7.96. The number of carboxylic acid groups (broad SMARTS) is 1. The number of ether oxygens (including phenoxy) is 2. The Morgan fingerprint density at radius 1 is 1.30 bits per heavy atom. The quantitative estimate of drug-likeness (QED) is 0.316. The highest BCUT2D eigenvalue weighted by Gasteiger charge is 2.37. The molecule has 0 bridgehead atoms. The number of nitriles is 1. The summed E-state index contributed by atoms with van der Waals surface area (Å²) in [6.07, 6.45) is 7.13. The van der Waals surface area contributed by atoms with Crippen LogP contribution in [-0.2, 0) is 22.4 Å². The molecule has 8 nitrogen and oxygen atoms in total. The van der Waals surface area contributed by atoms with Crippen LogP contribution in [0.3, 0.4) is 0 Å². The number of nitrogens with one attached hydrogen (secondary N) is 1. The normalized spacial score (nSPS) is 17.8. The van der Waals surface area contributed by atoms with E-state index in [9.17, 15) is 15.2 Å². The van der Waals surface area contributed by atoms with Crippen LogP contribution in [0.2, 0.25) is 0 Å². The molecular formula is C31H41FN4O4. The van der Waals surface area contributed by atoms with E-state index in [1.807, 2.05) is 24.8 Å². The maximum absolute atomic E-state index is 15.2. The standard InChI is InChI=1S/C31H41FN4O4/c1-20(2)24-16-25(29(39-3)27(32)26(24)17-33)28(31(37)38)36-14-12-21(18-36)19-40-15-6-4-5-9-23-11-10-22-8-7-13-34-30(22)35-23/h10-11,16,20-21,28H,4-9,12-15,18-19H2,1-3H3,(H,34,35)(H,37,38). The first-order valence-corrected chi connectivity index (χ1v) is 14.4. The molecule has 40 heavy (non-hydrogen) atoms. The zero-order chi connectivity index (χ0) is 28.6. The molecule has 1 aromatic heterocycles. The van der Waals surface area contributed by atoms with Gasteiger partial charge in [0.05, 0.1) is 19.3 Å². The Hall–Kier alpha value is -3.22. The summed E-state index contributed by atoms with van der Waals surface area (Å²) in [4.78, 5) is 19.0. The van der Waals surface area contributed by atoms with Gasteiger partial charge in [-0.3, -0.25) is 9.69 Å². The predicted octanol–water partition coefficient (Wildman–Crippen LogP) is 5.46. The van der Waals surface area contributed by atoms with E-state index in [-0.39, 0.29) is 28.7 Å². The number of halogens is 1. The summed E-state index contributed by atoms with van der Waals surface area (Å²) in [5.74, 6) is -0.929. The van der Waals surface area contributed by atoms with E-state index in [0.717, 1.165) is 63.0 Å². The van der Waals surface area contributed by atoms with E-state index < -0.39 is 17.8 Å². The minimum absolute atomic E-state index is 0.0941. The first-order valence-electron chi connectivity index (χ1n) is 14.4. The van der Waals surface area contributed by atoms with Crippen molar-refractivity contribution >= 4 is 11.8 Å². The van der Waals surface area contributed by atoms with Crippen molar-refractivity contribution in [2.24, 2.45) is 5.92 Å². The van der Waals surface area contributed by atoms with Crippen LogP contribution in [0.25, 0.3) is 0 Å². The van der Waals surface area contributed by atoms with Gasteiger partial charge in [0.25, 0.3) is 0 Å². The summed E-state index contributed by atoms with van der Waals surface area (Å²) in [6.45, 7) is 7.05. The SMILES string of the molecule is COc1c(C(C(=O)O)N2CCC(COCCCCCc3ccc4c(n3)NCCC4)C2)cc(C(C)C)c(C#N)c1F. The second-order valence-electron chi connectivity index (χ2n) is 11.2. The molecule has 1 fully saturated rings. The second-order valence-corrected chi connectivity index (χ2v) is 11.2. The molecule has 3 heterocycles. The van der Waals surface area contributed by atoms with E-state index in [1.54, 1.807) is 6.07 Å². The summed E-state index contributed by atoms with van der Waals surface area (Å²) < 4.78 is 26.5. The highest BCUT2D eigenvalue weighted by atomic mass is 19.1. The van der Waals surface area contributed by atoms with Crippen molar-refractivity contribution in [2.45, 2.75) is 70.8 Å². The summed E-state index contributed by atoms with van der Waals surface area (Å²) in [7, 11) is 1.30. The molecule has 1 aromatic carbocycles. The highest BCUT2D eigenvalue weighted by molar-refractivity contribution is 5.77. The van der Waals surface area contributed by atoms with Crippen LogP contribution >= 0.6 is 0 Å². The Balaban J connectivity index is 1.26. The van der Waals surface area contributed by atoms with Gasteiger partial charge in [-0.2, -0.15) is 5.26 Å². The molecule has 2 aliphatic heterocycles. The number of rotatable bonds is 13. The number of nitrogens with zero attached hydrogens (tertiary/aromatic N) is 3. The van der Waals surface area contributed by atoms with Crippen LogP contribution in [0, 0.1) is 23.1 Å². The molecule has 2 aromatic rings. The van der Waals surface area contributed by atoms with Crippen molar-refractivity contribution in [1.82, 2.24) is 9.88 Å². The number of anilines is 1. The van der Waals surface area contributed by atoms with Gasteiger partial charge in [0.2, 0.25) is 0 Å². The van der Waals surface area contributed by atoms with Crippen LogP contribution in [0.5, 0.6) is 5.75 Å². The molecule has 216 valence electrons. The smallest absolute Gasteiger partial charge is 0.325 e. The maximum Gasteiger partial charge on any atom is 0.325 e. The van der Waals surface area contributed by atoms with Gasteiger partial charge in [0, 0.05) is 31.0 Å². The van der Waals surface area contributed by atoms with Crippen molar-refractivity contribution in [2.75, 3.05) is 45.3 Å². The summed E-state index contributed by atoms with van der Waals surface area (Å²) in [6, 6.07) is 6.82. The largest absolute Gasteiger partial charge is 0.493 e. The summed E-state index contributed by atoms with van der Waals surface area (Å²) in [5, 5.41) is 23.0. The Bertz CT molecular complexity index is 1230. The molecule has 4 rings (SSSR count). The molecule has 0 radical (unpaired) electrons.